The van der Waals surface area contributed by atoms with Crippen LogP contribution in [0.5, 0.6) is 5.75 Å². The first-order valence-electron chi connectivity index (χ1n) is 7.71. The van der Waals surface area contributed by atoms with E-state index in [0.717, 1.165) is 30.8 Å². The van der Waals surface area contributed by atoms with E-state index in [0.29, 0.717) is 6.42 Å². The number of aliphatic carboxylic acids is 1. The summed E-state index contributed by atoms with van der Waals surface area (Å²) in [6.07, 6.45) is 8.28. The van der Waals surface area contributed by atoms with E-state index in [1.54, 1.807) is 7.11 Å². The van der Waals surface area contributed by atoms with Crippen molar-refractivity contribution in [1.82, 2.24) is 0 Å². The second kappa shape index (κ2) is 11.5. The van der Waals surface area contributed by atoms with Crippen LogP contribution < -0.4 is 4.74 Å². The molecule has 21 heavy (non-hydrogen) atoms. The fraction of sp³-hybridized carbons (Fsp3) is 0.588. The highest BCUT2D eigenvalue weighted by Crippen LogP contribution is 2.29. The summed E-state index contributed by atoms with van der Waals surface area (Å²) in [5.74, 6) is 1.41. The second-order valence-electron chi connectivity index (χ2n) is 5.12. The molecule has 0 radical (unpaired) electrons. The van der Waals surface area contributed by atoms with E-state index in [4.69, 9.17) is 9.84 Å². The molecule has 0 spiro atoms. The molecule has 0 amide bonds. The highest BCUT2D eigenvalue weighted by atomic mass is 32.2. The maximum absolute atomic E-state index is 10.4. The normalized spacial score (nSPS) is 10.5. The van der Waals surface area contributed by atoms with Crippen molar-refractivity contribution in [3.8, 4) is 5.75 Å². The molecule has 1 N–H and O–H groups in total. The first-order chi connectivity index (χ1) is 10.2. The molecule has 0 bridgehead atoms. The van der Waals surface area contributed by atoms with Gasteiger partial charge in [0, 0.05) is 11.3 Å². The van der Waals surface area contributed by atoms with Crippen LogP contribution >= 0.6 is 11.8 Å². The number of para-hydroxylation sites is 1. The predicted octanol–water partition coefficient (Wildman–Crippen LogP) is 4.99. The summed E-state index contributed by atoms with van der Waals surface area (Å²) in [5.41, 5.74) is 0. The van der Waals surface area contributed by atoms with E-state index >= 15 is 0 Å². The van der Waals surface area contributed by atoms with Crippen LogP contribution in [-0.4, -0.2) is 23.9 Å². The number of hydrogen-bond acceptors (Lipinski definition) is 3. The van der Waals surface area contributed by atoms with E-state index in [2.05, 4.69) is 6.07 Å². The third-order valence-electron chi connectivity index (χ3n) is 3.36. The topological polar surface area (TPSA) is 46.5 Å². The Morgan fingerprint density at radius 1 is 1.05 bits per heavy atom. The summed E-state index contributed by atoms with van der Waals surface area (Å²) >= 11 is 1.86. The minimum Gasteiger partial charge on any atom is -0.496 e. The number of hydrogen-bond donors (Lipinski definition) is 1. The van der Waals surface area contributed by atoms with Gasteiger partial charge in [-0.05, 0) is 30.7 Å². The Hall–Kier alpha value is -1.16. The number of carbonyl (C=O) groups is 1. The highest BCUT2D eigenvalue weighted by molar-refractivity contribution is 7.99. The zero-order valence-corrected chi connectivity index (χ0v) is 13.7. The van der Waals surface area contributed by atoms with Crippen molar-refractivity contribution in [2.45, 2.75) is 56.3 Å². The third-order valence-corrected chi connectivity index (χ3v) is 4.50. The zero-order valence-electron chi connectivity index (χ0n) is 12.8. The summed E-state index contributed by atoms with van der Waals surface area (Å²) in [6, 6.07) is 8.14. The van der Waals surface area contributed by atoms with E-state index in [-0.39, 0.29) is 0 Å². The maximum atomic E-state index is 10.4. The lowest BCUT2D eigenvalue weighted by atomic mass is 10.1. The molecule has 0 heterocycles. The quantitative estimate of drug-likeness (QED) is 0.436. The molecule has 3 nitrogen and oxygen atoms in total. The monoisotopic (exact) mass is 310 g/mol. The molecule has 118 valence electrons. The van der Waals surface area contributed by atoms with Crippen molar-refractivity contribution in [1.29, 1.82) is 0 Å². The van der Waals surface area contributed by atoms with Gasteiger partial charge >= 0.3 is 5.97 Å². The smallest absolute Gasteiger partial charge is 0.303 e. The van der Waals surface area contributed by atoms with Gasteiger partial charge in [0.25, 0.3) is 0 Å². The Morgan fingerprint density at radius 2 is 1.67 bits per heavy atom. The molecule has 0 fully saturated rings. The van der Waals surface area contributed by atoms with Gasteiger partial charge in [-0.2, -0.15) is 0 Å². The lowest BCUT2D eigenvalue weighted by molar-refractivity contribution is -0.137. The minimum absolute atomic E-state index is 0.315. The molecule has 1 aromatic rings. The number of ether oxygens (including phenoxy) is 1. The molecule has 0 aliphatic carbocycles. The second-order valence-corrected chi connectivity index (χ2v) is 6.25. The molecule has 0 atom stereocenters. The molecular formula is C17H26O3S. The standard InChI is InChI=1S/C17H26O3S/c1-20-15-11-8-9-12-16(15)21-14-10-6-4-2-3-5-7-13-17(18)19/h8-9,11-12H,2-7,10,13-14H2,1H3,(H,18,19). The van der Waals surface area contributed by atoms with E-state index in [9.17, 15) is 4.79 Å². The van der Waals surface area contributed by atoms with Gasteiger partial charge in [-0.15, -0.1) is 11.8 Å². The Bertz CT molecular complexity index is 407. The number of thioether (sulfide) groups is 1. The molecule has 0 saturated carbocycles. The molecule has 0 aliphatic heterocycles. The number of methoxy groups -OCH3 is 1. The van der Waals surface area contributed by atoms with E-state index < -0.39 is 5.97 Å². The van der Waals surface area contributed by atoms with Crippen LogP contribution in [0, 0.1) is 0 Å². The van der Waals surface area contributed by atoms with Crippen molar-refractivity contribution in [3.05, 3.63) is 24.3 Å². The van der Waals surface area contributed by atoms with E-state index in [1.165, 1.54) is 30.6 Å². The largest absolute Gasteiger partial charge is 0.496 e. The Kier molecular flexibility index (Phi) is 9.79. The highest BCUT2D eigenvalue weighted by Gasteiger charge is 2.01. The summed E-state index contributed by atoms with van der Waals surface area (Å²) in [6.45, 7) is 0. The average molecular weight is 310 g/mol. The number of unbranched alkanes of at least 4 members (excludes halogenated alkanes) is 6. The van der Waals surface area contributed by atoms with Gasteiger partial charge in [-0.3, -0.25) is 4.79 Å². The van der Waals surface area contributed by atoms with Gasteiger partial charge in [0.15, 0.2) is 0 Å². The van der Waals surface area contributed by atoms with Crippen LogP contribution in [0.3, 0.4) is 0 Å². The minimum atomic E-state index is -0.677. The Labute approximate surface area is 132 Å². The zero-order chi connectivity index (χ0) is 15.3. The fourth-order valence-electron chi connectivity index (χ4n) is 2.18. The fourth-order valence-corrected chi connectivity index (χ4v) is 3.22. The van der Waals surface area contributed by atoms with Gasteiger partial charge in [-0.25, -0.2) is 0 Å². The van der Waals surface area contributed by atoms with Gasteiger partial charge < -0.3 is 9.84 Å². The lowest BCUT2D eigenvalue weighted by Gasteiger charge is -2.07. The molecule has 0 aromatic heterocycles. The molecule has 0 unspecified atom stereocenters. The van der Waals surface area contributed by atoms with Gasteiger partial charge in [0.1, 0.15) is 5.75 Å². The molecular weight excluding hydrogens is 284 g/mol. The molecule has 0 aliphatic rings. The third kappa shape index (κ3) is 8.66. The van der Waals surface area contributed by atoms with Crippen LogP contribution in [0.2, 0.25) is 0 Å². The average Bonchev–Trinajstić information content (AvgIpc) is 2.49. The first-order valence-corrected chi connectivity index (χ1v) is 8.70. The first kappa shape index (κ1) is 17.9. The Balaban J connectivity index is 1.96. The van der Waals surface area contributed by atoms with Crippen molar-refractivity contribution in [2.75, 3.05) is 12.9 Å². The summed E-state index contributed by atoms with van der Waals surface area (Å²) in [4.78, 5) is 11.6. The van der Waals surface area contributed by atoms with Crippen LogP contribution in [0.15, 0.2) is 29.2 Å². The summed E-state index contributed by atoms with van der Waals surface area (Å²) in [7, 11) is 1.71. The number of rotatable bonds is 12. The molecule has 4 heteroatoms. The predicted molar refractivity (Wildman–Crippen MR) is 88.3 cm³/mol. The lowest BCUT2D eigenvalue weighted by Crippen LogP contribution is -1.93. The number of carboxylic acids is 1. The van der Waals surface area contributed by atoms with Crippen LogP contribution in [0.25, 0.3) is 0 Å². The molecule has 0 saturated heterocycles. The van der Waals surface area contributed by atoms with Crippen molar-refractivity contribution < 1.29 is 14.6 Å². The molecule has 1 aromatic carbocycles. The maximum Gasteiger partial charge on any atom is 0.303 e. The molecule has 1 rings (SSSR count). The summed E-state index contributed by atoms with van der Waals surface area (Å²) in [5, 5.41) is 8.53. The van der Waals surface area contributed by atoms with Gasteiger partial charge in [0.2, 0.25) is 0 Å². The van der Waals surface area contributed by atoms with Crippen LogP contribution in [0.4, 0.5) is 0 Å². The SMILES string of the molecule is COc1ccccc1SCCCCCCCCCC(=O)O. The number of benzene rings is 1. The van der Waals surface area contributed by atoms with Crippen molar-refractivity contribution in [2.24, 2.45) is 0 Å². The van der Waals surface area contributed by atoms with Gasteiger partial charge in [-0.1, -0.05) is 44.2 Å². The number of carboxylic acid groups (broad SMARTS) is 1. The van der Waals surface area contributed by atoms with Crippen LogP contribution in [-0.2, 0) is 4.79 Å². The van der Waals surface area contributed by atoms with Crippen LogP contribution in [0.1, 0.15) is 51.4 Å². The van der Waals surface area contributed by atoms with Gasteiger partial charge in [0.05, 0.1) is 7.11 Å². The Morgan fingerprint density at radius 3 is 2.33 bits per heavy atom. The summed E-state index contributed by atoms with van der Waals surface area (Å²) < 4.78 is 5.33. The van der Waals surface area contributed by atoms with Crippen molar-refractivity contribution >= 4 is 17.7 Å². The van der Waals surface area contributed by atoms with E-state index in [1.807, 2.05) is 30.0 Å². The van der Waals surface area contributed by atoms with Crippen molar-refractivity contribution in [3.63, 3.8) is 0 Å².